The number of H-pyrrole nitrogens is 1. The molecule has 11 nitrogen and oxygen atoms in total. The zero-order valence-corrected chi connectivity index (χ0v) is 21.8. The monoisotopic (exact) mass is 545 g/mol. The first-order valence-corrected chi connectivity index (χ1v) is 13.8. The molecule has 2 aromatic rings. The number of hydrogen-bond acceptors (Lipinski definition) is 9. The first-order chi connectivity index (χ1) is 16.8. The number of aliphatic hydroxyl groups excluding tert-OH is 1. The Morgan fingerprint density at radius 1 is 1.31 bits per heavy atom. The van der Waals surface area contributed by atoms with Gasteiger partial charge in [-0.3, -0.25) is 19.1 Å². The van der Waals surface area contributed by atoms with E-state index in [1.165, 1.54) is 13.8 Å². The first-order valence-electron chi connectivity index (χ1n) is 11.1. The number of ether oxygens (including phenoxy) is 2. The van der Waals surface area contributed by atoms with Crippen molar-refractivity contribution in [2.24, 2.45) is 0 Å². The van der Waals surface area contributed by atoms with E-state index in [1.54, 1.807) is 44.2 Å². The number of aliphatic hydroxyl groups is 1. The molecule has 1 aliphatic heterocycles. The average Bonchev–Trinajstić information content (AvgIpc) is 3.02. The fourth-order valence-corrected chi connectivity index (χ4v) is 5.96. The van der Waals surface area contributed by atoms with E-state index in [-0.39, 0.29) is 6.10 Å². The van der Waals surface area contributed by atoms with E-state index in [0.717, 1.165) is 16.8 Å². The molecule has 0 radical (unpaired) electrons. The summed E-state index contributed by atoms with van der Waals surface area (Å²) >= 11 is 5.60. The number of aromatic amines is 1. The quantitative estimate of drug-likeness (QED) is 0.298. The van der Waals surface area contributed by atoms with Gasteiger partial charge in [0.05, 0.1) is 12.7 Å². The highest BCUT2D eigenvalue weighted by atomic mass is 32.5. The summed E-state index contributed by atoms with van der Waals surface area (Å²) in [7, 11) is 0. The number of para-hydroxylation sites is 1. The van der Waals surface area contributed by atoms with Crippen LogP contribution in [0.1, 0.15) is 27.7 Å². The maximum Gasteiger partial charge on any atom is 0.330 e. The Bertz CT molecular complexity index is 1230. The molecule has 0 spiro atoms. The van der Waals surface area contributed by atoms with Crippen LogP contribution in [-0.2, 0) is 36.3 Å². The number of carbonyl (C=O) groups excluding carboxylic acids is 1. The van der Waals surface area contributed by atoms with Crippen LogP contribution in [0.2, 0.25) is 0 Å². The third-order valence-electron chi connectivity index (χ3n) is 5.32. The lowest BCUT2D eigenvalue weighted by Crippen LogP contribution is -2.47. The molecule has 0 bridgehead atoms. The summed E-state index contributed by atoms with van der Waals surface area (Å²) in [5, 5.41) is 13.4. The number of rotatable bonds is 10. The molecule has 1 aromatic heterocycles. The van der Waals surface area contributed by atoms with Gasteiger partial charge in [-0.05, 0) is 51.6 Å². The fourth-order valence-electron chi connectivity index (χ4n) is 3.54. The Hall–Kier alpha value is -2.41. The van der Waals surface area contributed by atoms with Crippen molar-refractivity contribution in [3.63, 3.8) is 0 Å². The molecule has 0 saturated carbocycles. The van der Waals surface area contributed by atoms with E-state index >= 15 is 4.39 Å². The number of alkyl halides is 1. The molecule has 2 heterocycles. The molecule has 198 valence electrons. The topological polar surface area (TPSA) is 141 Å². The highest BCUT2D eigenvalue weighted by Crippen LogP contribution is 2.47. The minimum absolute atomic E-state index is 0.354. The number of nitrogens with one attached hydrogen (secondary N) is 2. The molecule has 3 rings (SSSR count). The second kappa shape index (κ2) is 11.3. The van der Waals surface area contributed by atoms with E-state index in [4.69, 9.17) is 30.3 Å². The Labute approximate surface area is 211 Å². The van der Waals surface area contributed by atoms with E-state index in [0.29, 0.717) is 5.75 Å². The first kappa shape index (κ1) is 28.2. The molecule has 1 aromatic carbocycles. The second-order valence-electron chi connectivity index (χ2n) is 8.62. The third kappa shape index (κ3) is 6.47. The van der Waals surface area contributed by atoms with Crippen LogP contribution in [-0.4, -0.2) is 57.8 Å². The second-order valence-corrected chi connectivity index (χ2v) is 11.8. The predicted molar refractivity (Wildman–Crippen MR) is 132 cm³/mol. The van der Waals surface area contributed by atoms with Crippen molar-refractivity contribution in [3.8, 4) is 5.75 Å². The van der Waals surface area contributed by atoms with Crippen LogP contribution < -0.4 is 20.9 Å². The Morgan fingerprint density at radius 2 is 1.97 bits per heavy atom. The number of carbonyl (C=O) groups is 1. The van der Waals surface area contributed by atoms with Gasteiger partial charge in [-0.25, -0.2) is 14.3 Å². The van der Waals surface area contributed by atoms with E-state index in [9.17, 15) is 19.5 Å². The van der Waals surface area contributed by atoms with E-state index < -0.39 is 60.6 Å². The number of aromatic nitrogens is 2. The largest absolute Gasteiger partial charge is 0.462 e. The Morgan fingerprint density at radius 3 is 2.58 bits per heavy atom. The van der Waals surface area contributed by atoms with E-state index in [2.05, 4.69) is 5.09 Å². The van der Waals surface area contributed by atoms with Crippen LogP contribution in [0, 0.1) is 0 Å². The molecule has 14 heteroatoms. The van der Waals surface area contributed by atoms with Gasteiger partial charge in [-0.2, -0.15) is 0 Å². The van der Waals surface area contributed by atoms with Gasteiger partial charge < -0.3 is 23.6 Å². The van der Waals surface area contributed by atoms with Crippen molar-refractivity contribution in [1.29, 1.82) is 0 Å². The van der Waals surface area contributed by atoms with Gasteiger partial charge in [0.15, 0.2) is 11.9 Å². The highest BCUT2D eigenvalue weighted by molar-refractivity contribution is 8.09. The molecule has 1 fully saturated rings. The lowest BCUT2D eigenvalue weighted by atomic mass is 10.1. The van der Waals surface area contributed by atoms with Crippen LogP contribution in [0.3, 0.4) is 0 Å². The maximum atomic E-state index is 15.2. The Balaban J connectivity index is 1.80. The molecular formula is C22H29FN3O8PS. The standard InChI is InChI=1S/C22H29FN3O8PS/c1-13(2)32-20(29)14(3)25-35(36,34-15-8-6-5-7-9-15)31-12-16-18(28)19(23)22(4,33-16)26-11-10-17(27)24-21(26)30/h5-11,13-14,16,18-19,28H,12H2,1-4H3,(H,25,36)(H,24,27,30)/t14?,16-,18-,19-,22-,35?/m1/s1. The summed E-state index contributed by atoms with van der Waals surface area (Å²) in [5.41, 5.74) is -3.50. The third-order valence-corrected chi connectivity index (χ3v) is 7.82. The molecule has 3 N–H and O–H groups in total. The zero-order valence-electron chi connectivity index (χ0n) is 20.1. The van der Waals surface area contributed by atoms with Crippen molar-refractivity contribution in [2.45, 2.75) is 63.9 Å². The zero-order chi connectivity index (χ0) is 26.7. The summed E-state index contributed by atoms with van der Waals surface area (Å²) in [4.78, 5) is 38.0. The fraction of sp³-hybridized carbons (Fsp3) is 0.500. The molecule has 6 atom stereocenters. The molecule has 36 heavy (non-hydrogen) atoms. The lowest BCUT2D eigenvalue weighted by molar-refractivity contribution is -0.149. The van der Waals surface area contributed by atoms with Crippen molar-refractivity contribution >= 4 is 24.4 Å². The molecule has 1 saturated heterocycles. The van der Waals surface area contributed by atoms with Gasteiger partial charge >= 0.3 is 18.3 Å². The molecule has 2 unspecified atom stereocenters. The number of nitrogens with zero attached hydrogens (tertiary/aromatic N) is 1. The molecule has 0 amide bonds. The SMILES string of the molecule is CC(C)OC(=O)C(C)NP(=S)(OC[C@H]1O[C@@](C)(n2ccc(=O)[nH]c2=O)[C@H](F)[C@@H]1O)Oc1ccccc1. The lowest BCUT2D eigenvalue weighted by Gasteiger charge is -2.29. The van der Waals surface area contributed by atoms with Crippen molar-refractivity contribution < 1.29 is 32.8 Å². The van der Waals surface area contributed by atoms with Gasteiger partial charge in [0.2, 0.25) is 0 Å². The van der Waals surface area contributed by atoms with E-state index in [1.807, 2.05) is 4.98 Å². The average molecular weight is 546 g/mol. The van der Waals surface area contributed by atoms with Crippen molar-refractivity contribution in [2.75, 3.05) is 6.61 Å². The van der Waals surface area contributed by atoms with Crippen molar-refractivity contribution in [3.05, 3.63) is 63.4 Å². The smallest absolute Gasteiger partial charge is 0.330 e. The van der Waals surface area contributed by atoms with Gasteiger partial charge in [-0.15, -0.1) is 0 Å². The van der Waals surface area contributed by atoms with Gasteiger partial charge in [0, 0.05) is 12.3 Å². The number of halogens is 1. The summed E-state index contributed by atoms with van der Waals surface area (Å²) in [6.45, 7) is 2.30. The number of hydrogen-bond donors (Lipinski definition) is 3. The summed E-state index contributed by atoms with van der Waals surface area (Å²) in [6.07, 6.45) is -4.28. The summed E-state index contributed by atoms with van der Waals surface area (Å²) in [5.74, 6) is -0.218. The number of benzene rings is 1. The molecular weight excluding hydrogens is 516 g/mol. The van der Waals surface area contributed by atoms with Gasteiger partial charge in [0.1, 0.15) is 24.0 Å². The maximum absolute atomic E-state index is 15.2. The molecule has 1 aliphatic rings. The molecule has 0 aliphatic carbocycles. The van der Waals surface area contributed by atoms with Gasteiger partial charge in [0.25, 0.3) is 5.56 Å². The normalized spacial score (nSPS) is 26.4. The van der Waals surface area contributed by atoms with Crippen LogP contribution in [0.4, 0.5) is 4.39 Å². The number of esters is 1. The highest BCUT2D eigenvalue weighted by Gasteiger charge is 2.54. The summed E-state index contributed by atoms with van der Waals surface area (Å²) < 4.78 is 38.7. The van der Waals surface area contributed by atoms with Crippen LogP contribution in [0.5, 0.6) is 5.75 Å². The van der Waals surface area contributed by atoms with Crippen LogP contribution >= 0.6 is 6.64 Å². The Kier molecular flexibility index (Phi) is 8.86. The van der Waals surface area contributed by atoms with Crippen molar-refractivity contribution in [1.82, 2.24) is 14.6 Å². The predicted octanol–water partition coefficient (Wildman–Crippen LogP) is 1.56. The van der Waals surface area contributed by atoms with Gasteiger partial charge in [-0.1, -0.05) is 18.2 Å². The van der Waals surface area contributed by atoms with Crippen LogP contribution in [0.25, 0.3) is 0 Å². The minimum Gasteiger partial charge on any atom is -0.462 e. The summed E-state index contributed by atoms with van der Waals surface area (Å²) in [6, 6.07) is 8.62. The minimum atomic E-state index is -3.47. The van der Waals surface area contributed by atoms with Crippen LogP contribution in [0.15, 0.2) is 52.2 Å².